The molecule has 22 heavy (non-hydrogen) atoms. The third kappa shape index (κ3) is 3.33. The van der Waals surface area contributed by atoms with Crippen LogP contribution in [0.4, 0.5) is 0 Å². The number of hydrogen-bond acceptors (Lipinski definition) is 4. The summed E-state index contributed by atoms with van der Waals surface area (Å²) in [6.45, 7) is 2.87. The molecule has 1 aromatic carbocycles. The fourth-order valence-corrected chi connectivity index (χ4v) is 3.84. The molecule has 0 saturated heterocycles. The van der Waals surface area contributed by atoms with Crippen molar-refractivity contribution in [2.45, 2.75) is 24.3 Å². The predicted octanol–water partition coefficient (Wildman–Crippen LogP) is 1.31. The molecule has 1 aliphatic heterocycles. The molecule has 6 nitrogen and oxygen atoms in total. The molecule has 0 amide bonds. The van der Waals surface area contributed by atoms with Crippen molar-refractivity contribution in [1.82, 2.24) is 20.2 Å². The van der Waals surface area contributed by atoms with E-state index >= 15 is 0 Å². The molecule has 0 saturated carbocycles. The molecule has 0 radical (unpaired) electrons. The Kier molecular flexibility index (Phi) is 5.23. The summed E-state index contributed by atoms with van der Waals surface area (Å²) < 4.78 is 27.2. The number of aromatic amines is 1. The molecule has 1 unspecified atom stereocenters. The smallest absolute Gasteiger partial charge is 0.244 e. The highest BCUT2D eigenvalue weighted by Crippen LogP contribution is 2.22. The molecule has 120 valence electrons. The van der Waals surface area contributed by atoms with Gasteiger partial charge in [-0.2, -0.15) is 5.10 Å². The van der Waals surface area contributed by atoms with E-state index in [4.69, 9.17) is 0 Å². The van der Waals surface area contributed by atoms with Crippen LogP contribution in [-0.2, 0) is 16.4 Å². The van der Waals surface area contributed by atoms with E-state index in [0.717, 1.165) is 18.5 Å². The van der Waals surface area contributed by atoms with Crippen molar-refractivity contribution in [2.75, 3.05) is 13.1 Å². The maximum Gasteiger partial charge on any atom is 0.244 e. The van der Waals surface area contributed by atoms with Gasteiger partial charge in [0.25, 0.3) is 0 Å². The summed E-state index contributed by atoms with van der Waals surface area (Å²) in [7, 11) is -3.53. The second-order valence-electron chi connectivity index (χ2n) is 5.17. The zero-order valence-electron chi connectivity index (χ0n) is 12.2. The van der Waals surface area contributed by atoms with Crippen LogP contribution < -0.4 is 10.0 Å². The van der Waals surface area contributed by atoms with Crippen LogP contribution in [0.3, 0.4) is 0 Å². The first-order valence-electron chi connectivity index (χ1n) is 6.89. The lowest BCUT2D eigenvalue weighted by atomic mass is 9.95. The molecule has 1 atom stereocenters. The van der Waals surface area contributed by atoms with Gasteiger partial charge in [-0.05, 0) is 31.0 Å². The highest BCUT2D eigenvalue weighted by Gasteiger charge is 2.23. The van der Waals surface area contributed by atoms with Crippen LogP contribution in [0.2, 0.25) is 0 Å². The standard InChI is InChI=1S/C14H18N4O2S.ClH/c1-10-14(9-16-18-10)21(19,20)17-8-13-12-5-3-2-4-11(12)6-7-15-13;/h2-5,9,13,15,17H,6-8H2,1H3,(H,16,18);1H. The van der Waals surface area contributed by atoms with E-state index in [9.17, 15) is 8.42 Å². The quantitative estimate of drug-likeness (QED) is 0.781. The minimum Gasteiger partial charge on any atom is -0.308 e. The fraction of sp³-hybridized carbons (Fsp3) is 0.357. The van der Waals surface area contributed by atoms with E-state index in [1.165, 1.54) is 11.8 Å². The average molecular weight is 343 g/mol. The highest BCUT2D eigenvalue weighted by molar-refractivity contribution is 7.89. The monoisotopic (exact) mass is 342 g/mol. The molecule has 0 bridgehead atoms. The number of halogens is 1. The van der Waals surface area contributed by atoms with Crippen molar-refractivity contribution >= 4 is 22.4 Å². The highest BCUT2D eigenvalue weighted by atomic mass is 35.5. The van der Waals surface area contributed by atoms with Gasteiger partial charge in [-0.15, -0.1) is 12.4 Å². The Balaban J connectivity index is 0.00000176. The van der Waals surface area contributed by atoms with Gasteiger partial charge in [-0.3, -0.25) is 5.10 Å². The summed E-state index contributed by atoms with van der Waals surface area (Å²) in [6, 6.07) is 8.13. The van der Waals surface area contributed by atoms with Crippen molar-refractivity contribution < 1.29 is 8.42 Å². The van der Waals surface area contributed by atoms with E-state index in [-0.39, 0.29) is 23.3 Å². The fourth-order valence-electron chi connectivity index (χ4n) is 2.66. The molecule has 0 fully saturated rings. The van der Waals surface area contributed by atoms with Crippen LogP contribution in [0.15, 0.2) is 35.4 Å². The summed E-state index contributed by atoms with van der Waals surface area (Å²) >= 11 is 0. The third-order valence-electron chi connectivity index (χ3n) is 3.77. The van der Waals surface area contributed by atoms with Crippen LogP contribution in [0.1, 0.15) is 22.9 Å². The van der Waals surface area contributed by atoms with Gasteiger partial charge in [0.2, 0.25) is 10.0 Å². The van der Waals surface area contributed by atoms with Gasteiger partial charge >= 0.3 is 0 Å². The van der Waals surface area contributed by atoms with Crippen molar-refractivity contribution in [3.8, 4) is 0 Å². The number of aryl methyl sites for hydroxylation is 1. The van der Waals surface area contributed by atoms with Crippen LogP contribution >= 0.6 is 12.4 Å². The molecule has 2 aromatic rings. The minimum atomic E-state index is -3.53. The summed E-state index contributed by atoms with van der Waals surface area (Å²) in [4.78, 5) is 0.201. The van der Waals surface area contributed by atoms with Crippen LogP contribution in [0.25, 0.3) is 0 Å². The second kappa shape index (κ2) is 6.78. The first-order chi connectivity index (χ1) is 10.1. The van der Waals surface area contributed by atoms with Gasteiger partial charge in [0.15, 0.2) is 0 Å². The zero-order chi connectivity index (χ0) is 14.9. The SMILES string of the molecule is Cc1[nH]ncc1S(=O)(=O)NCC1NCCc2ccccc21.Cl. The number of benzene rings is 1. The van der Waals surface area contributed by atoms with Gasteiger partial charge in [-0.25, -0.2) is 13.1 Å². The average Bonchev–Trinajstić information content (AvgIpc) is 2.92. The van der Waals surface area contributed by atoms with Gasteiger partial charge < -0.3 is 5.32 Å². The largest absolute Gasteiger partial charge is 0.308 e. The first-order valence-corrected chi connectivity index (χ1v) is 8.37. The van der Waals surface area contributed by atoms with Crippen LogP contribution in [-0.4, -0.2) is 31.7 Å². The van der Waals surface area contributed by atoms with Gasteiger partial charge in [0.1, 0.15) is 4.90 Å². The number of nitrogens with zero attached hydrogens (tertiary/aromatic N) is 1. The lowest BCUT2D eigenvalue weighted by Crippen LogP contribution is -2.38. The Morgan fingerprint density at radius 2 is 2.14 bits per heavy atom. The van der Waals surface area contributed by atoms with Crippen LogP contribution in [0, 0.1) is 6.92 Å². The maximum atomic E-state index is 12.3. The number of sulfonamides is 1. The van der Waals surface area contributed by atoms with Crippen molar-refractivity contribution in [3.05, 3.63) is 47.3 Å². The Labute approximate surface area is 136 Å². The Morgan fingerprint density at radius 3 is 2.86 bits per heavy atom. The number of rotatable bonds is 4. The Hall–Kier alpha value is -1.41. The summed E-state index contributed by atoms with van der Waals surface area (Å²) in [5.74, 6) is 0. The number of H-pyrrole nitrogens is 1. The predicted molar refractivity (Wildman–Crippen MR) is 86.7 cm³/mol. The molecule has 1 aromatic heterocycles. The van der Waals surface area contributed by atoms with E-state index in [1.807, 2.05) is 18.2 Å². The molecule has 3 rings (SSSR count). The van der Waals surface area contributed by atoms with Gasteiger partial charge in [0, 0.05) is 12.6 Å². The van der Waals surface area contributed by atoms with Crippen molar-refractivity contribution in [2.24, 2.45) is 0 Å². The van der Waals surface area contributed by atoms with Gasteiger partial charge in [-0.1, -0.05) is 24.3 Å². The molecule has 2 heterocycles. The second-order valence-corrected chi connectivity index (χ2v) is 6.90. The number of aromatic nitrogens is 2. The molecular weight excluding hydrogens is 324 g/mol. The van der Waals surface area contributed by atoms with Gasteiger partial charge in [0.05, 0.1) is 11.9 Å². The molecular formula is C14H19ClN4O2S. The number of nitrogens with one attached hydrogen (secondary N) is 3. The van der Waals surface area contributed by atoms with E-state index in [2.05, 4.69) is 26.3 Å². The summed E-state index contributed by atoms with van der Waals surface area (Å²) in [5, 5.41) is 9.76. The molecule has 3 N–H and O–H groups in total. The first kappa shape index (κ1) is 17.0. The lowest BCUT2D eigenvalue weighted by molar-refractivity contribution is 0.491. The van der Waals surface area contributed by atoms with E-state index < -0.39 is 10.0 Å². The van der Waals surface area contributed by atoms with E-state index in [0.29, 0.717) is 12.2 Å². The van der Waals surface area contributed by atoms with E-state index in [1.54, 1.807) is 6.92 Å². The number of hydrogen-bond donors (Lipinski definition) is 3. The maximum absolute atomic E-state index is 12.3. The molecule has 1 aliphatic rings. The molecule has 0 spiro atoms. The van der Waals surface area contributed by atoms with Crippen LogP contribution in [0.5, 0.6) is 0 Å². The normalized spacial score (nSPS) is 17.6. The molecule has 8 heteroatoms. The summed E-state index contributed by atoms with van der Waals surface area (Å²) in [5.41, 5.74) is 2.98. The zero-order valence-corrected chi connectivity index (χ0v) is 13.8. The summed E-state index contributed by atoms with van der Waals surface area (Å²) in [6.07, 6.45) is 2.31. The Bertz CT molecular complexity index is 745. The topological polar surface area (TPSA) is 86.9 Å². The van der Waals surface area contributed by atoms with Crippen molar-refractivity contribution in [1.29, 1.82) is 0 Å². The third-order valence-corrected chi connectivity index (χ3v) is 5.30. The Morgan fingerprint density at radius 1 is 1.36 bits per heavy atom. The lowest BCUT2D eigenvalue weighted by Gasteiger charge is -2.27. The molecule has 0 aliphatic carbocycles. The van der Waals surface area contributed by atoms with Crippen molar-refractivity contribution in [3.63, 3.8) is 0 Å². The minimum absolute atomic E-state index is 0. The number of fused-ring (bicyclic) bond motifs is 1.